The van der Waals surface area contributed by atoms with Crippen LogP contribution in [0, 0.1) is 10.8 Å². The lowest BCUT2D eigenvalue weighted by Gasteiger charge is -2.49. The van der Waals surface area contributed by atoms with Gasteiger partial charge in [0.05, 0.1) is 0 Å². The van der Waals surface area contributed by atoms with Gasteiger partial charge in [-0.15, -0.1) is 0 Å². The smallest absolute Gasteiger partial charge is 0.0199 e. The summed E-state index contributed by atoms with van der Waals surface area (Å²) < 4.78 is 0. The molecular weight excluding hydrogens is 224 g/mol. The molecule has 0 saturated carbocycles. The van der Waals surface area contributed by atoms with Crippen molar-refractivity contribution in [3.63, 3.8) is 0 Å². The molecule has 0 aromatic carbocycles. The van der Waals surface area contributed by atoms with Crippen LogP contribution in [-0.2, 0) is 0 Å². The first-order valence-electron chi connectivity index (χ1n) is 6.17. The molecule has 0 aliphatic heterocycles. The van der Waals surface area contributed by atoms with Crippen LogP contribution in [0.5, 0.6) is 0 Å². The van der Waals surface area contributed by atoms with Crippen LogP contribution in [0.1, 0.15) is 19.3 Å². The first-order chi connectivity index (χ1) is 8.27. The molecule has 0 N–H and O–H groups in total. The van der Waals surface area contributed by atoms with Crippen molar-refractivity contribution in [1.82, 2.24) is 0 Å². The maximum Gasteiger partial charge on any atom is 0.0199 e. The summed E-state index contributed by atoms with van der Waals surface area (Å²) in [4.78, 5) is 1.08. The maximum absolute atomic E-state index is 5.42. The second-order valence-electron chi connectivity index (χ2n) is 5.16. The molecule has 0 bridgehead atoms. The van der Waals surface area contributed by atoms with Crippen molar-refractivity contribution in [2.45, 2.75) is 19.3 Å². The summed E-state index contributed by atoms with van der Waals surface area (Å²) in [7, 11) is 0. The van der Waals surface area contributed by atoms with Gasteiger partial charge in [-0.1, -0.05) is 73.0 Å². The highest BCUT2D eigenvalue weighted by molar-refractivity contribution is 7.80. The Hall–Kier alpha value is -1.21. The highest BCUT2D eigenvalue weighted by Crippen LogP contribution is 2.55. The fraction of sp³-hybridized carbons (Fsp3) is 0.312. The van der Waals surface area contributed by atoms with Gasteiger partial charge in [0.25, 0.3) is 0 Å². The van der Waals surface area contributed by atoms with E-state index in [0.717, 1.165) is 24.1 Å². The van der Waals surface area contributed by atoms with Gasteiger partial charge in [0.2, 0.25) is 0 Å². The van der Waals surface area contributed by atoms with Crippen LogP contribution in [0.25, 0.3) is 0 Å². The van der Waals surface area contributed by atoms with Crippen LogP contribution < -0.4 is 0 Å². The van der Waals surface area contributed by atoms with Crippen LogP contribution in [0.3, 0.4) is 0 Å². The average molecular weight is 240 g/mol. The highest BCUT2D eigenvalue weighted by Gasteiger charge is 2.47. The lowest BCUT2D eigenvalue weighted by molar-refractivity contribution is 0.200. The minimum absolute atomic E-state index is 0.130. The Balaban J connectivity index is 2.08. The number of hydrogen-bond acceptors (Lipinski definition) is 1. The normalized spacial score (nSPS) is 38.5. The number of thiocarbonyl (C=S) groups is 1. The van der Waals surface area contributed by atoms with Crippen molar-refractivity contribution in [2.75, 3.05) is 0 Å². The first kappa shape index (κ1) is 10.9. The highest BCUT2D eigenvalue weighted by atomic mass is 32.1. The topological polar surface area (TPSA) is 0 Å². The lowest BCUT2D eigenvalue weighted by atomic mass is 9.54. The molecule has 0 heterocycles. The standard InChI is InChI=1S/C16H16S/c17-14-7-6-12-16(13-14)11-5-4-10-15(16)8-2-1-3-9-15/h1-8,10-11H,9,12-13H2. The molecule has 3 aliphatic carbocycles. The predicted molar refractivity (Wildman–Crippen MR) is 77.0 cm³/mol. The number of rotatable bonds is 0. The summed E-state index contributed by atoms with van der Waals surface area (Å²) in [6, 6.07) is 0. The molecular formula is C16H16S. The van der Waals surface area contributed by atoms with E-state index in [0.29, 0.717) is 0 Å². The molecule has 2 unspecified atom stereocenters. The quantitative estimate of drug-likeness (QED) is 0.568. The van der Waals surface area contributed by atoms with Crippen molar-refractivity contribution in [3.8, 4) is 0 Å². The van der Waals surface area contributed by atoms with E-state index >= 15 is 0 Å². The summed E-state index contributed by atoms with van der Waals surface area (Å²) in [6.07, 6.45) is 25.5. The summed E-state index contributed by atoms with van der Waals surface area (Å²) in [5, 5.41) is 0. The molecule has 86 valence electrons. The van der Waals surface area contributed by atoms with Crippen molar-refractivity contribution < 1.29 is 0 Å². The largest absolute Gasteiger partial charge is 0.0849 e. The minimum Gasteiger partial charge on any atom is -0.0849 e. The Morgan fingerprint density at radius 1 is 0.882 bits per heavy atom. The van der Waals surface area contributed by atoms with Gasteiger partial charge in [-0.25, -0.2) is 0 Å². The van der Waals surface area contributed by atoms with Crippen molar-refractivity contribution in [2.24, 2.45) is 10.8 Å². The molecule has 0 radical (unpaired) electrons. The molecule has 2 spiro atoms. The van der Waals surface area contributed by atoms with E-state index in [2.05, 4.69) is 60.8 Å². The minimum atomic E-state index is 0.130. The van der Waals surface area contributed by atoms with Crippen LogP contribution in [0.15, 0.2) is 60.8 Å². The Morgan fingerprint density at radius 2 is 1.65 bits per heavy atom. The molecule has 0 fully saturated rings. The Bertz CT molecular complexity index is 480. The van der Waals surface area contributed by atoms with Crippen LogP contribution in [-0.4, -0.2) is 4.86 Å². The van der Waals surface area contributed by atoms with E-state index in [4.69, 9.17) is 12.2 Å². The fourth-order valence-corrected chi connectivity index (χ4v) is 3.60. The number of allylic oxidation sites excluding steroid dienone is 10. The zero-order valence-corrected chi connectivity index (χ0v) is 10.6. The molecule has 2 atom stereocenters. The fourth-order valence-electron chi connectivity index (χ4n) is 3.24. The predicted octanol–water partition coefficient (Wildman–Crippen LogP) is 4.32. The van der Waals surface area contributed by atoms with Crippen molar-refractivity contribution in [3.05, 3.63) is 60.8 Å². The third-order valence-electron chi connectivity index (χ3n) is 4.22. The van der Waals surface area contributed by atoms with Gasteiger partial charge < -0.3 is 0 Å². The van der Waals surface area contributed by atoms with E-state index in [9.17, 15) is 0 Å². The monoisotopic (exact) mass is 240 g/mol. The molecule has 0 saturated heterocycles. The number of fused-ring (bicyclic) bond motifs is 1. The zero-order valence-electron chi connectivity index (χ0n) is 9.80. The molecule has 0 amide bonds. The average Bonchev–Trinajstić information content (AvgIpc) is 2.35. The van der Waals surface area contributed by atoms with Gasteiger partial charge in [-0.2, -0.15) is 0 Å². The van der Waals surface area contributed by atoms with Crippen molar-refractivity contribution >= 4 is 17.1 Å². The Morgan fingerprint density at radius 3 is 2.35 bits per heavy atom. The van der Waals surface area contributed by atoms with E-state index in [1.807, 2.05) is 0 Å². The first-order valence-corrected chi connectivity index (χ1v) is 6.58. The van der Waals surface area contributed by atoms with Crippen LogP contribution in [0.4, 0.5) is 0 Å². The van der Waals surface area contributed by atoms with Crippen molar-refractivity contribution in [1.29, 1.82) is 0 Å². The summed E-state index contributed by atoms with van der Waals surface area (Å²) in [5.74, 6) is 0. The molecule has 17 heavy (non-hydrogen) atoms. The SMILES string of the molecule is S=C1C=CCC2(C=CC=CC23C=CC=CC3)C1. The zero-order chi connectivity index (χ0) is 11.8. The maximum atomic E-state index is 5.42. The molecule has 0 aromatic rings. The summed E-state index contributed by atoms with van der Waals surface area (Å²) in [5.41, 5.74) is 0.292. The van der Waals surface area contributed by atoms with E-state index in [-0.39, 0.29) is 10.8 Å². The molecule has 0 aromatic heterocycles. The van der Waals surface area contributed by atoms with Crippen LogP contribution in [0.2, 0.25) is 0 Å². The van der Waals surface area contributed by atoms with E-state index < -0.39 is 0 Å². The second-order valence-corrected chi connectivity index (χ2v) is 5.68. The van der Waals surface area contributed by atoms with Gasteiger partial charge >= 0.3 is 0 Å². The van der Waals surface area contributed by atoms with Gasteiger partial charge in [0, 0.05) is 15.7 Å². The molecule has 1 heteroatoms. The number of hydrogen-bond donors (Lipinski definition) is 0. The lowest BCUT2D eigenvalue weighted by Crippen LogP contribution is -2.41. The molecule has 3 rings (SSSR count). The third kappa shape index (κ3) is 1.61. The van der Waals surface area contributed by atoms with E-state index in [1.54, 1.807) is 0 Å². The third-order valence-corrected chi connectivity index (χ3v) is 4.50. The van der Waals surface area contributed by atoms with E-state index in [1.165, 1.54) is 0 Å². The Labute approximate surface area is 108 Å². The van der Waals surface area contributed by atoms with Gasteiger partial charge in [-0.05, 0) is 19.3 Å². The van der Waals surface area contributed by atoms with Gasteiger partial charge in [0.15, 0.2) is 0 Å². The van der Waals surface area contributed by atoms with Gasteiger partial charge in [-0.3, -0.25) is 0 Å². The molecule has 0 nitrogen and oxygen atoms in total. The second kappa shape index (κ2) is 3.92. The molecule has 3 aliphatic rings. The van der Waals surface area contributed by atoms with Crippen LogP contribution >= 0.6 is 12.2 Å². The Kier molecular flexibility index (Phi) is 2.52. The summed E-state index contributed by atoms with van der Waals surface area (Å²) >= 11 is 5.42. The summed E-state index contributed by atoms with van der Waals surface area (Å²) in [6.45, 7) is 0. The van der Waals surface area contributed by atoms with Gasteiger partial charge in [0.1, 0.15) is 0 Å².